The number of halogens is 2. The molecule has 1 aliphatic heterocycles. The molecule has 2 aromatic carbocycles. The predicted octanol–water partition coefficient (Wildman–Crippen LogP) is 3.82. The highest BCUT2D eigenvalue weighted by Crippen LogP contribution is 2.38. The summed E-state index contributed by atoms with van der Waals surface area (Å²) < 4.78 is 54.4. The van der Waals surface area contributed by atoms with E-state index in [1.165, 1.54) is 54.7 Å². The predicted molar refractivity (Wildman–Crippen MR) is 97.3 cm³/mol. The van der Waals surface area contributed by atoms with Crippen LogP contribution in [-0.4, -0.2) is 23.7 Å². The number of sulfonamides is 1. The number of aromatic nitrogens is 1. The Morgan fingerprint density at radius 2 is 1.75 bits per heavy atom. The molecule has 0 fully saturated rings. The maximum absolute atomic E-state index is 14.1. The molecule has 2 amide bonds. The summed E-state index contributed by atoms with van der Waals surface area (Å²) in [5, 5.41) is 0. The van der Waals surface area contributed by atoms with E-state index in [-0.39, 0.29) is 22.0 Å². The summed E-state index contributed by atoms with van der Waals surface area (Å²) in [5.41, 5.74) is 0.143. The Balaban J connectivity index is 1.89. The van der Waals surface area contributed by atoms with Gasteiger partial charge in [-0.05, 0) is 36.4 Å². The fourth-order valence-electron chi connectivity index (χ4n) is 2.96. The van der Waals surface area contributed by atoms with E-state index < -0.39 is 34.2 Å². The molecule has 1 aromatic heterocycles. The molecule has 2 heterocycles. The van der Waals surface area contributed by atoms with Gasteiger partial charge in [0.05, 0.1) is 12.2 Å². The molecule has 0 radical (unpaired) electrons. The molecule has 0 aliphatic carbocycles. The normalized spacial score (nSPS) is 15.4. The lowest BCUT2D eigenvalue weighted by Crippen LogP contribution is -2.48. The van der Waals surface area contributed by atoms with Crippen LogP contribution in [0.3, 0.4) is 0 Å². The molecule has 0 N–H and O–H groups in total. The molecule has 1 aliphatic rings. The second-order valence-corrected chi connectivity index (χ2v) is 7.86. The number of anilines is 2. The van der Waals surface area contributed by atoms with E-state index in [4.69, 9.17) is 0 Å². The molecule has 142 valence electrons. The minimum absolute atomic E-state index is 0.0333. The van der Waals surface area contributed by atoms with Gasteiger partial charge in [0, 0.05) is 11.8 Å². The SMILES string of the molecule is O=C1N(c2cccc(F)c2)c2ncccc2S(=O)(=O)N1Cc1ccccc1F. The van der Waals surface area contributed by atoms with Crippen molar-refractivity contribution in [2.45, 2.75) is 11.4 Å². The van der Waals surface area contributed by atoms with Gasteiger partial charge in [0.1, 0.15) is 16.5 Å². The molecule has 0 saturated heterocycles. The van der Waals surface area contributed by atoms with Crippen molar-refractivity contribution in [1.29, 1.82) is 0 Å². The summed E-state index contributed by atoms with van der Waals surface area (Å²) in [6.07, 6.45) is 1.33. The average Bonchev–Trinajstić information content (AvgIpc) is 2.67. The Labute approximate surface area is 159 Å². The van der Waals surface area contributed by atoms with E-state index in [2.05, 4.69) is 4.98 Å². The first kappa shape index (κ1) is 18.1. The average molecular weight is 401 g/mol. The van der Waals surface area contributed by atoms with Crippen LogP contribution in [0.5, 0.6) is 0 Å². The molecule has 0 bridgehead atoms. The number of fused-ring (bicyclic) bond motifs is 1. The number of urea groups is 1. The van der Waals surface area contributed by atoms with Crippen LogP contribution in [0.2, 0.25) is 0 Å². The zero-order valence-corrected chi connectivity index (χ0v) is 15.1. The molecule has 4 rings (SSSR count). The van der Waals surface area contributed by atoms with Gasteiger partial charge in [0.15, 0.2) is 5.82 Å². The lowest BCUT2D eigenvalue weighted by Gasteiger charge is -2.35. The topological polar surface area (TPSA) is 70.6 Å². The van der Waals surface area contributed by atoms with E-state index in [0.717, 1.165) is 11.0 Å². The van der Waals surface area contributed by atoms with E-state index in [1.54, 1.807) is 6.07 Å². The number of carbonyl (C=O) groups is 1. The van der Waals surface area contributed by atoms with Crippen molar-refractivity contribution in [2.24, 2.45) is 0 Å². The van der Waals surface area contributed by atoms with E-state index in [1.807, 2.05) is 0 Å². The van der Waals surface area contributed by atoms with Crippen LogP contribution in [0.4, 0.5) is 25.1 Å². The quantitative estimate of drug-likeness (QED) is 0.669. The fraction of sp³-hybridized carbons (Fsp3) is 0.0526. The highest BCUT2D eigenvalue weighted by molar-refractivity contribution is 7.90. The van der Waals surface area contributed by atoms with Crippen LogP contribution in [0.25, 0.3) is 0 Å². The van der Waals surface area contributed by atoms with Gasteiger partial charge in [-0.3, -0.25) is 0 Å². The number of amides is 2. The van der Waals surface area contributed by atoms with Crippen LogP contribution in [0.15, 0.2) is 71.8 Å². The summed E-state index contributed by atoms with van der Waals surface area (Å²) in [4.78, 5) is 17.9. The number of carbonyl (C=O) groups excluding carboxylic acids is 1. The minimum Gasteiger partial charge on any atom is -0.246 e. The molecule has 9 heteroatoms. The highest BCUT2D eigenvalue weighted by atomic mass is 32.2. The van der Waals surface area contributed by atoms with E-state index >= 15 is 0 Å². The van der Waals surface area contributed by atoms with Gasteiger partial charge in [0.2, 0.25) is 0 Å². The van der Waals surface area contributed by atoms with Gasteiger partial charge < -0.3 is 0 Å². The summed E-state index contributed by atoms with van der Waals surface area (Å²) in [5.74, 6) is -1.38. The molecule has 28 heavy (non-hydrogen) atoms. The number of nitrogens with zero attached hydrogens (tertiary/aromatic N) is 3. The monoisotopic (exact) mass is 401 g/mol. The number of hydrogen-bond donors (Lipinski definition) is 0. The van der Waals surface area contributed by atoms with Crippen molar-refractivity contribution in [2.75, 3.05) is 4.90 Å². The first-order valence-electron chi connectivity index (χ1n) is 8.20. The number of pyridine rings is 1. The van der Waals surface area contributed by atoms with Crippen LogP contribution >= 0.6 is 0 Å². The smallest absolute Gasteiger partial charge is 0.246 e. The largest absolute Gasteiger partial charge is 0.344 e. The number of rotatable bonds is 3. The third kappa shape index (κ3) is 2.89. The van der Waals surface area contributed by atoms with Crippen molar-refractivity contribution < 1.29 is 22.0 Å². The van der Waals surface area contributed by atoms with Gasteiger partial charge in [0.25, 0.3) is 10.0 Å². The second kappa shape index (κ2) is 6.68. The molecular formula is C19H13F2N3O3S. The van der Waals surface area contributed by atoms with Gasteiger partial charge in [-0.25, -0.2) is 36.2 Å². The number of benzene rings is 2. The lowest BCUT2D eigenvalue weighted by molar-refractivity contribution is 0.228. The Morgan fingerprint density at radius 1 is 0.964 bits per heavy atom. The molecule has 0 spiro atoms. The number of hydrogen-bond acceptors (Lipinski definition) is 4. The zero-order chi connectivity index (χ0) is 19.9. The maximum Gasteiger partial charge on any atom is 0.344 e. The maximum atomic E-state index is 14.1. The summed E-state index contributed by atoms with van der Waals surface area (Å²) in [6, 6.07) is 12.5. The molecule has 0 atom stereocenters. The van der Waals surface area contributed by atoms with Crippen molar-refractivity contribution in [3.05, 3.63) is 84.1 Å². The van der Waals surface area contributed by atoms with E-state index in [0.29, 0.717) is 4.31 Å². The minimum atomic E-state index is -4.28. The first-order valence-corrected chi connectivity index (χ1v) is 9.64. The zero-order valence-electron chi connectivity index (χ0n) is 14.3. The molecular weight excluding hydrogens is 388 g/mol. The van der Waals surface area contributed by atoms with Crippen LogP contribution in [-0.2, 0) is 16.6 Å². The van der Waals surface area contributed by atoms with Crippen LogP contribution < -0.4 is 4.90 Å². The van der Waals surface area contributed by atoms with Crippen molar-refractivity contribution in [3.8, 4) is 0 Å². The van der Waals surface area contributed by atoms with Crippen molar-refractivity contribution >= 4 is 27.6 Å². The third-order valence-corrected chi connectivity index (χ3v) is 6.01. The van der Waals surface area contributed by atoms with Crippen LogP contribution in [0, 0.1) is 11.6 Å². The lowest BCUT2D eigenvalue weighted by atomic mass is 10.2. The first-order chi connectivity index (χ1) is 13.4. The van der Waals surface area contributed by atoms with Gasteiger partial charge in [-0.1, -0.05) is 24.3 Å². The summed E-state index contributed by atoms with van der Waals surface area (Å²) in [7, 11) is -4.28. The fourth-order valence-corrected chi connectivity index (χ4v) is 4.42. The Kier molecular flexibility index (Phi) is 4.31. The Hall–Kier alpha value is -3.33. The third-order valence-electron chi connectivity index (χ3n) is 4.27. The van der Waals surface area contributed by atoms with Crippen molar-refractivity contribution in [3.63, 3.8) is 0 Å². The van der Waals surface area contributed by atoms with Crippen LogP contribution in [0.1, 0.15) is 5.56 Å². The summed E-state index contributed by atoms with van der Waals surface area (Å²) >= 11 is 0. The van der Waals surface area contributed by atoms with Gasteiger partial charge in [-0.2, -0.15) is 0 Å². The Bertz CT molecular complexity index is 1180. The highest BCUT2D eigenvalue weighted by Gasteiger charge is 2.43. The Morgan fingerprint density at radius 3 is 2.50 bits per heavy atom. The second-order valence-electron chi connectivity index (χ2n) is 6.03. The standard InChI is InChI=1S/C19H13F2N3O3S/c20-14-6-3-7-15(11-14)24-18-17(9-4-10-22-18)28(26,27)23(19(24)25)12-13-5-1-2-8-16(13)21/h1-11H,12H2. The summed E-state index contributed by atoms with van der Waals surface area (Å²) in [6.45, 7) is -0.506. The van der Waals surface area contributed by atoms with Crippen molar-refractivity contribution in [1.82, 2.24) is 9.29 Å². The molecule has 3 aromatic rings. The molecule has 0 unspecified atom stereocenters. The molecule has 6 nitrogen and oxygen atoms in total. The van der Waals surface area contributed by atoms with Gasteiger partial charge >= 0.3 is 6.03 Å². The molecule has 0 saturated carbocycles. The van der Waals surface area contributed by atoms with E-state index in [9.17, 15) is 22.0 Å². The van der Waals surface area contributed by atoms with Gasteiger partial charge in [-0.15, -0.1) is 0 Å².